The Morgan fingerprint density at radius 1 is 1.08 bits per heavy atom. The van der Waals surface area contributed by atoms with E-state index >= 15 is 0 Å². The lowest BCUT2D eigenvalue weighted by atomic mass is 10.0. The first-order valence-electron chi connectivity index (χ1n) is 8.95. The average Bonchev–Trinajstić information content (AvgIpc) is 3.10. The van der Waals surface area contributed by atoms with Gasteiger partial charge in [-0.3, -0.25) is 14.5 Å². The molecule has 0 radical (unpaired) electrons. The van der Waals surface area contributed by atoms with E-state index in [-0.39, 0.29) is 11.8 Å². The molecule has 2 amide bonds. The lowest BCUT2D eigenvalue weighted by Crippen LogP contribution is -2.32. The van der Waals surface area contributed by atoms with Crippen molar-refractivity contribution < 1.29 is 9.59 Å². The fourth-order valence-corrected chi connectivity index (χ4v) is 3.41. The van der Waals surface area contributed by atoms with E-state index in [1.54, 1.807) is 38.4 Å². The fourth-order valence-electron chi connectivity index (χ4n) is 3.41. The minimum absolute atomic E-state index is 0.0282. The molecular formula is C21H25N3O2. The smallest absolute Gasteiger partial charge is 0.253 e. The number of carbonyl (C=O) groups is 2. The van der Waals surface area contributed by atoms with E-state index < -0.39 is 0 Å². The zero-order valence-corrected chi connectivity index (χ0v) is 15.3. The third-order valence-corrected chi connectivity index (χ3v) is 4.72. The van der Waals surface area contributed by atoms with Crippen LogP contribution in [0.3, 0.4) is 0 Å². The number of hydrogen-bond acceptors (Lipinski definition) is 3. The van der Waals surface area contributed by atoms with Crippen LogP contribution in [0.1, 0.15) is 34.8 Å². The van der Waals surface area contributed by atoms with Crippen LogP contribution in [0.25, 0.3) is 0 Å². The number of carbonyl (C=O) groups excluding carboxylic acids is 2. The van der Waals surface area contributed by atoms with Crippen LogP contribution in [0.15, 0.2) is 54.6 Å². The molecule has 1 aliphatic rings. The first kappa shape index (κ1) is 18.1. The van der Waals surface area contributed by atoms with Gasteiger partial charge in [0, 0.05) is 31.4 Å². The number of rotatable bonds is 5. The second kappa shape index (κ2) is 8.15. The van der Waals surface area contributed by atoms with E-state index in [1.165, 1.54) is 10.5 Å². The van der Waals surface area contributed by atoms with Gasteiger partial charge in [-0.25, -0.2) is 0 Å². The Kier molecular flexibility index (Phi) is 5.68. The van der Waals surface area contributed by atoms with Crippen LogP contribution in [0.4, 0.5) is 5.69 Å². The lowest BCUT2D eigenvalue weighted by Gasteiger charge is -2.24. The first-order chi connectivity index (χ1) is 12.5. The standard InChI is InChI=1S/C21H25N3O2/c1-23(2)21(26)17-10-12-18(13-11-17)22-20(25)15-24-14-6-9-19(24)16-7-4-3-5-8-16/h3-5,7-8,10-13,19H,6,9,14-15H2,1-2H3,(H,22,25). The van der Waals surface area contributed by atoms with Crippen molar-refractivity contribution in [1.29, 1.82) is 0 Å². The van der Waals surface area contributed by atoms with Gasteiger partial charge in [0.2, 0.25) is 5.91 Å². The molecule has 0 saturated carbocycles. The molecule has 2 aromatic carbocycles. The van der Waals surface area contributed by atoms with E-state index in [0.29, 0.717) is 23.8 Å². The van der Waals surface area contributed by atoms with Gasteiger partial charge < -0.3 is 10.2 Å². The molecule has 1 N–H and O–H groups in total. The molecule has 0 bridgehead atoms. The summed E-state index contributed by atoms with van der Waals surface area (Å²) in [5.74, 6) is -0.0786. The summed E-state index contributed by atoms with van der Waals surface area (Å²) in [7, 11) is 3.44. The predicted octanol–water partition coefficient (Wildman–Crippen LogP) is 3.16. The van der Waals surface area contributed by atoms with Crippen LogP contribution < -0.4 is 5.32 Å². The van der Waals surface area contributed by atoms with Gasteiger partial charge in [-0.1, -0.05) is 30.3 Å². The highest BCUT2D eigenvalue weighted by atomic mass is 16.2. The normalized spacial score (nSPS) is 17.1. The highest BCUT2D eigenvalue weighted by molar-refractivity contribution is 5.96. The van der Waals surface area contributed by atoms with E-state index in [4.69, 9.17) is 0 Å². The molecule has 136 valence electrons. The molecule has 1 atom stereocenters. The largest absolute Gasteiger partial charge is 0.345 e. The van der Waals surface area contributed by atoms with Gasteiger partial charge >= 0.3 is 0 Å². The Hall–Kier alpha value is -2.66. The minimum Gasteiger partial charge on any atom is -0.345 e. The molecule has 26 heavy (non-hydrogen) atoms. The van der Waals surface area contributed by atoms with Crippen molar-refractivity contribution in [1.82, 2.24) is 9.80 Å². The number of anilines is 1. The van der Waals surface area contributed by atoms with Crippen LogP contribution >= 0.6 is 0 Å². The number of amides is 2. The quantitative estimate of drug-likeness (QED) is 0.900. The van der Waals surface area contributed by atoms with Crippen molar-refractivity contribution in [2.24, 2.45) is 0 Å². The molecule has 1 heterocycles. The van der Waals surface area contributed by atoms with Gasteiger partial charge in [-0.2, -0.15) is 0 Å². The van der Waals surface area contributed by atoms with Crippen molar-refractivity contribution >= 4 is 17.5 Å². The maximum atomic E-state index is 12.4. The molecule has 1 saturated heterocycles. The van der Waals surface area contributed by atoms with Gasteiger partial charge in [0.15, 0.2) is 0 Å². The highest BCUT2D eigenvalue weighted by Crippen LogP contribution is 2.31. The molecule has 1 fully saturated rings. The molecule has 0 aliphatic carbocycles. The summed E-state index contributed by atoms with van der Waals surface area (Å²) in [6.07, 6.45) is 2.19. The second-order valence-electron chi connectivity index (χ2n) is 6.86. The first-order valence-corrected chi connectivity index (χ1v) is 8.95. The van der Waals surface area contributed by atoms with Gasteiger partial charge in [-0.05, 0) is 49.2 Å². The van der Waals surface area contributed by atoms with Crippen molar-refractivity contribution in [3.63, 3.8) is 0 Å². The summed E-state index contributed by atoms with van der Waals surface area (Å²) < 4.78 is 0. The minimum atomic E-state index is -0.0503. The van der Waals surface area contributed by atoms with E-state index in [0.717, 1.165) is 19.4 Å². The number of likely N-dealkylation sites (tertiary alicyclic amines) is 1. The maximum absolute atomic E-state index is 12.4. The molecule has 5 nitrogen and oxygen atoms in total. The molecule has 1 aliphatic heterocycles. The summed E-state index contributed by atoms with van der Waals surface area (Å²) in [5, 5.41) is 2.93. The second-order valence-corrected chi connectivity index (χ2v) is 6.86. The summed E-state index contributed by atoms with van der Waals surface area (Å²) in [6, 6.07) is 17.7. The fraction of sp³-hybridized carbons (Fsp3) is 0.333. The molecule has 5 heteroatoms. The van der Waals surface area contributed by atoms with E-state index in [1.807, 2.05) is 18.2 Å². The summed E-state index contributed by atoms with van der Waals surface area (Å²) in [4.78, 5) is 28.1. The van der Waals surface area contributed by atoms with Gasteiger partial charge in [0.1, 0.15) is 0 Å². The number of hydrogen-bond donors (Lipinski definition) is 1. The molecule has 1 unspecified atom stereocenters. The van der Waals surface area contributed by atoms with E-state index in [9.17, 15) is 9.59 Å². The summed E-state index contributed by atoms with van der Waals surface area (Å²) >= 11 is 0. The topological polar surface area (TPSA) is 52.7 Å². The number of nitrogens with zero attached hydrogens (tertiary/aromatic N) is 2. The zero-order chi connectivity index (χ0) is 18.5. The highest BCUT2D eigenvalue weighted by Gasteiger charge is 2.27. The van der Waals surface area contributed by atoms with Crippen LogP contribution in [-0.4, -0.2) is 48.8 Å². The van der Waals surface area contributed by atoms with Crippen LogP contribution in [0, 0.1) is 0 Å². The van der Waals surface area contributed by atoms with Gasteiger partial charge in [0.05, 0.1) is 6.54 Å². The Balaban J connectivity index is 1.59. The van der Waals surface area contributed by atoms with Gasteiger partial charge in [-0.15, -0.1) is 0 Å². The van der Waals surface area contributed by atoms with Crippen molar-refractivity contribution in [3.8, 4) is 0 Å². The van der Waals surface area contributed by atoms with Crippen LogP contribution in [0.2, 0.25) is 0 Å². The number of benzene rings is 2. The summed E-state index contributed by atoms with van der Waals surface area (Å²) in [6.45, 7) is 1.31. The Morgan fingerprint density at radius 2 is 1.77 bits per heavy atom. The summed E-state index contributed by atoms with van der Waals surface area (Å²) in [5.41, 5.74) is 2.58. The van der Waals surface area contributed by atoms with Crippen molar-refractivity contribution in [3.05, 3.63) is 65.7 Å². The van der Waals surface area contributed by atoms with Crippen molar-refractivity contribution in [2.45, 2.75) is 18.9 Å². The molecule has 0 spiro atoms. The maximum Gasteiger partial charge on any atom is 0.253 e. The number of nitrogens with one attached hydrogen (secondary N) is 1. The predicted molar refractivity (Wildman–Crippen MR) is 103 cm³/mol. The Morgan fingerprint density at radius 3 is 2.42 bits per heavy atom. The third kappa shape index (κ3) is 4.29. The SMILES string of the molecule is CN(C)C(=O)c1ccc(NC(=O)CN2CCCC2c2ccccc2)cc1. The molecule has 3 rings (SSSR count). The lowest BCUT2D eigenvalue weighted by molar-refractivity contribution is -0.117. The Labute approximate surface area is 154 Å². The molecule has 2 aromatic rings. The van der Waals surface area contributed by atoms with Gasteiger partial charge in [0.25, 0.3) is 5.91 Å². The van der Waals surface area contributed by atoms with Crippen LogP contribution in [0.5, 0.6) is 0 Å². The average molecular weight is 351 g/mol. The zero-order valence-electron chi connectivity index (χ0n) is 15.3. The van der Waals surface area contributed by atoms with Crippen molar-refractivity contribution in [2.75, 3.05) is 32.5 Å². The van der Waals surface area contributed by atoms with Crippen LogP contribution in [-0.2, 0) is 4.79 Å². The Bertz CT molecular complexity index is 757. The van der Waals surface area contributed by atoms with E-state index in [2.05, 4.69) is 22.3 Å². The molecular weight excluding hydrogens is 326 g/mol. The third-order valence-electron chi connectivity index (χ3n) is 4.72. The molecule has 0 aromatic heterocycles. The monoisotopic (exact) mass is 351 g/mol.